The molecule has 1 N–H and O–H groups in total. The van der Waals surface area contributed by atoms with E-state index in [1.165, 1.54) is 5.56 Å². The lowest BCUT2D eigenvalue weighted by molar-refractivity contribution is -0.141. The Bertz CT molecular complexity index is 607. The van der Waals surface area contributed by atoms with Crippen molar-refractivity contribution < 1.29 is 9.90 Å². The third-order valence-electron chi connectivity index (χ3n) is 4.33. The molecule has 22 heavy (non-hydrogen) atoms. The molecule has 0 radical (unpaired) electrons. The van der Waals surface area contributed by atoms with E-state index in [1.807, 2.05) is 42.7 Å². The maximum atomic E-state index is 12.4. The number of nitrogens with zero attached hydrogens (tertiary/aromatic N) is 2. The maximum absolute atomic E-state index is 12.4. The fourth-order valence-corrected chi connectivity index (χ4v) is 3.02. The molecule has 1 fully saturated rings. The highest BCUT2D eigenvalue weighted by atomic mass is 16.3. The van der Waals surface area contributed by atoms with Gasteiger partial charge in [0.15, 0.2) is 6.10 Å². The fourth-order valence-electron chi connectivity index (χ4n) is 3.02. The molecular formula is C18H20N2O2. The van der Waals surface area contributed by atoms with Gasteiger partial charge < -0.3 is 10.0 Å². The Morgan fingerprint density at radius 2 is 1.73 bits per heavy atom. The van der Waals surface area contributed by atoms with Crippen molar-refractivity contribution in [1.82, 2.24) is 9.88 Å². The van der Waals surface area contributed by atoms with Gasteiger partial charge in [0.25, 0.3) is 5.91 Å². The van der Waals surface area contributed by atoms with Crippen molar-refractivity contribution in [3.63, 3.8) is 0 Å². The van der Waals surface area contributed by atoms with Crippen molar-refractivity contribution in [1.29, 1.82) is 0 Å². The van der Waals surface area contributed by atoms with Crippen molar-refractivity contribution in [2.45, 2.75) is 24.9 Å². The van der Waals surface area contributed by atoms with Crippen LogP contribution in [0.4, 0.5) is 0 Å². The Balaban J connectivity index is 1.60. The van der Waals surface area contributed by atoms with E-state index in [0.717, 1.165) is 12.8 Å². The summed E-state index contributed by atoms with van der Waals surface area (Å²) in [6.45, 7) is 1.38. The molecule has 1 saturated heterocycles. The van der Waals surface area contributed by atoms with Gasteiger partial charge in [-0.2, -0.15) is 0 Å². The first kappa shape index (κ1) is 14.7. The van der Waals surface area contributed by atoms with Crippen LogP contribution < -0.4 is 0 Å². The summed E-state index contributed by atoms with van der Waals surface area (Å²) >= 11 is 0. The number of hydrogen-bond donors (Lipinski definition) is 1. The first-order chi connectivity index (χ1) is 10.8. The Labute approximate surface area is 130 Å². The third-order valence-corrected chi connectivity index (χ3v) is 4.33. The molecule has 4 nitrogen and oxygen atoms in total. The summed E-state index contributed by atoms with van der Waals surface area (Å²) in [5.41, 5.74) is 1.94. The summed E-state index contributed by atoms with van der Waals surface area (Å²) in [7, 11) is 0. The highest BCUT2D eigenvalue weighted by molar-refractivity contribution is 5.82. The Kier molecular flexibility index (Phi) is 4.49. The van der Waals surface area contributed by atoms with Gasteiger partial charge in [0.2, 0.25) is 0 Å². The Morgan fingerprint density at radius 3 is 2.36 bits per heavy atom. The number of aliphatic hydroxyl groups excluding tert-OH is 1. The normalized spacial score (nSPS) is 17.2. The fraction of sp³-hybridized carbons (Fsp3) is 0.333. The molecule has 1 unspecified atom stereocenters. The molecule has 1 amide bonds. The topological polar surface area (TPSA) is 53.4 Å². The average molecular weight is 296 g/mol. The van der Waals surface area contributed by atoms with Gasteiger partial charge >= 0.3 is 0 Å². The SMILES string of the molecule is O=C(C(O)c1ccccc1)N1CCC(c2ccncc2)CC1. The van der Waals surface area contributed by atoms with Crippen LogP contribution in [-0.2, 0) is 4.79 Å². The molecule has 114 valence electrons. The van der Waals surface area contributed by atoms with Gasteiger partial charge in [-0.15, -0.1) is 0 Å². The number of pyridine rings is 1. The van der Waals surface area contributed by atoms with Gasteiger partial charge in [-0.05, 0) is 42.0 Å². The molecule has 1 aliphatic rings. The van der Waals surface area contributed by atoms with Crippen molar-refractivity contribution in [2.75, 3.05) is 13.1 Å². The van der Waals surface area contributed by atoms with Crippen molar-refractivity contribution in [3.05, 3.63) is 66.0 Å². The van der Waals surface area contributed by atoms with E-state index in [0.29, 0.717) is 24.6 Å². The quantitative estimate of drug-likeness (QED) is 0.947. The summed E-state index contributed by atoms with van der Waals surface area (Å²) in [5.74, 6) is 0.278. The van der Waals surface area contributed by atoms with Crippen LogP contribution in [0.5, 0.6) is 0 Å². The van der Waals surface area contributed by atoms with Gasteiger partial charge in [-0.1, -0.05) is 30.3 Å². The zero-order chi connectivity index (χ0) is 15.4. The molecular weight excluding hydrogens is 276 g/mol. The molecule has 4 heteroatoms. The monoisotopic (exact) mass is 296 g/mol. The molecule has 1 aliphatic heterocycles. The predicted molar refractivity (Wildman–Crippen MR) is 84.2 cm³/mol. The number of carbonyl (C=O) groups excluding carboxylic acids is 1. The second kappa shape index (κ2) is 6.71. The molecule has 1 atom stereocenters. The zero-order valence-corrected chi connectivity index (χ0v) is 12.4. The first-order valence-corrected chi connectivity index (χ1v) is 7.67. The van der Waals surface area contributed by atoms with Crippen molar-refractivity contribution >= 4 is 5.91 Å². The van der Waals surface area contributed by atoms with Gasteiger partial charge in [0, 0.05) is 25.5 Å². The summed E-state index contributed by atoms with van der Waals surface area (Å²) in [6.07, 6.45) is 4.42. The number of rotatable bonds is 3. The lowest BCUT2D eigenvalue weighted by Gasteiger charge is -2.33. The smallest absolute Gasteiger partial charge is 0.256 e. The molecule has 1 aromatic heterocycles. The van der Waals surface area contributed by atoms with Crippen LogP contribution in [0.3, 0.4) is 0 Å². The van der Waals surface area contributed by atoms with Crippen LogP contribution in [-0.4, -0.2) is 34.0 Å². The highest BCUT2D eigenvalue weighted by Crippen LogP contribution is 2.28. The number of hydrogen-bond acceptors (Lipinski definition) is 3. The minimum atomic E-state index is -1.06. The molecule has 2 heterocycles. The second-order valence-electron chi connectivity index (χ2n) is 5.69. The van der Waals surface area contributed by atoms with Gasteiger partial charge in [-0.25, -0.2) is 0 Å². The maximum Gasteiger partial charge on any atom is 0.256 e. The lowest BCUT2D eigenvalue weighted by atomic mass is 9.90. The van der Waals surface area contributed by atoms with Crippen LogP contribution in [0.15, 0.2) is 54.9 Å². The average Bonchev–Trinajstić information content (AvgIpc) is 2.62. The molecule has 0 saturated carbocycles. The van der Waals surface area contributed by atoms with Crippen molar-refractivity contribution in [3.8, 4) is 0 Å². The van der Waals surface area contributed by atoms with E-state index in [1.54, 1.807) is 17.0 Å². The molecule has 0 bridgehead atoms. The number of likely N-dealkylation sites (tertiary alicyclic amines) is 1. The number of piperidine rings is 1. The van der Waals surface area contributed by atoms with E-state index in [2.05, 4.69) is 4.98 Å². The number of aromatic nitrogens is 1. The summed E-state index contributed by atoms with van der Waals surface area (Å²) in [4.78, 5) is 18.2. The third kappa shape index (κ3) is 3.17. The molecule has 1 aromatic carbocycles. The summed E-state index contributed by atoms with van der Waals surface area (Å²) in [5, 5.41) is 10.2. The van der Waals surface area contributed by atoms with Gasteiger partial charge in [-0.3, -0.25) is 9.78 Å². The van der Waals surface area contributed by atoms with E-state index in [-0.39, 0.29) is 5.91 Å². The van der Waals surface area contributed by atoms with Gasteiger partial charge in [0.1, 0.15) is 0 Å². The number of carbonyl (C=O) groups is 1. The second-order valence-corrected chi connectivity index (χ2v) is 5.69. The number of aliphatic hydroxyl groups is 1. The van der Waals surface area contributed by atoms with Crippen molar-refractivity contribution in [2.24, 2.45) is 0 Å². The standard InChI is InChI=1S/C18H20N2O2/c21-17(16-4-2-1-3-5-16)18(22)20-12-8-15(9-13-20)14-6-10-19-11-7-14/h1-7,10-11,15,17,21H,8-9,12-13H2. The zero-order valence-electron chi connectivity index (χ0n) is 12.4. The van der Waals surface area contributed by atoms with Crippen LogP contribution in [0.1, 0.15) is 36.0 Å². The number of benzene rings is 1. The molecule has 0 aliphatic carbocycles. The molecule has 0 spiro atoms. The van der Waals surface area contributed by atoms with Crippen LogP contribution in [0.2, 0.25) is 0 Å². The Hall–Kier alpha value is -2.20. The van der Waals surface area contributed by atoms with E-state index in [4.69, 9.17) is 0 Å². The lowest BCUT2D eigenvalue weighted by Crippen LogP contribution is -2.40. The van der Waals surface area contributed by atoms with Crippen LogP contribution >= 0.6 is 0 Å². The number of amides is 1. The van der Waals surface area contributed by atoms with Gasteiger partial charge in [0.05, 0.1) is 0 Å². The minimum absolute atomic E-state index is 0.195. The predicted octanol–water partition coefficient (Wildman–Crippen LogP) is 2.52. The summed E-state index contributed by atoms with van der Waals surface area (Å²) < 4.78 is 0. The Morgan fingerprint density at radius 1 is 1.09 bits per heavy atom. The minimum Gasteiger partial charge on any atom is -0.378 e. The summed E-state index contributed by atoms with van der Waals surface area (Å²) in [6, 6.07) is 13.2. The highest BCUT2D eigenvalue weighted by Gasteiger charge is 2.28. The largest absolute Gasteiger partial charge is 0.378 e. The van der Waals surface area contributed by atoms with E-state index < -0.39 is 6.10 Å². The van der Waals surface area contributed by atoms with E-state index >= 15 is 0 Å². The van der Waals surface area contributed by atoms with Crippen LogP contribution in [0, 0.1) is 0 Å². The first-order valence-electron chi connectivity index (χ1n) is 7.67. The van der Waals surface area contributed by atoms with E-state index in [9.17, 15) is 9.90 Å². The van der Waals surface area contributed by atoms with Crippen LogP contribution in [0.25, 0.3) is 0 Å². The molecule has 3 rings (SSSR count). The molecule has 2 aromatic rings.